The number of amides is 2. The topological polar surface area (TPSA) is 96.4 Å². The molecule has 3 aliphatic rings. The van der Waals surface area contributed by atoms with E-state index in [9.17, 15) is 19.5 Å². The molecule has 0 aromatic heterocycles. The predicted octanol–water partition coefficient (Wildman–Crippen LogP) is 2.46. The van der Waals surface area contributed by atoms with E-state index in [0.717, 1.165) is 19.3 Å². The van der Waals surface area contributed by atoms with Crippen LogP contribution in [0, 0.1) is 11.8 Å². The molecule has 0 aromatic carbocycles. The lowest BCUT2D eigenvalue weighted by Gasteiger charge is -2.42. The van der Waals surface area contributed by atoms with Crippen LogP contribution in [0.2, 0.25) is 0 Å². The van der Waals surface area contributed by atoms with E-state index < -0.39 is 41.1 Å². The van der Waals surface area contributed by atoms with Crippen LogP contribution < -0.4 is 0 Å². The second-order valence-electron chi connectivity index (χ2n) is 10.5. The van der Waals surface area contributed by atoms with Crippen LogP contribution in [0.5, 0.6) is 0 Å². The van der Waals surface area contributed by atoms with Crippen LogP contribution >= 0.6 is 0 Å². The molecule has 1 spiro atoms. The van der Waals surface area contributed by atoms with Crippen molar-refractivity contribution in [1.82, 2.24) is 9.80 Å². The van der Waals surface area contributed by atoms with Gasteiger partial charge in [0.1, 0.15) is 11.6 Å². The number of hydrogen-bond donors (Lipinski definition) is 1. The zero-order valence-electron chi connectivity index (χ0n) is 20.8. The van der Waals surface area contributed by atoms with Gasteiger partial charge in [-0.05, 0) is 59.3 Å². The highest BCUT2D eigenvalue weighted by Crippen LogP contribution is 2.59. The molecule has 3 aliphatic heterocycles. The largest absolute Gasteiger partial charge is 0.465 e. The van der Waals surface area contributed by atoms with Crippen molar-refractivity contribution in [2.24, 2.45) is 11.8 Å². The van der Waals surface area contributed by atoms with Gasteiger partial charge < -0.3 is 24.4 Å². The molecule has 1 N–H and O–H groups in total. The van der Waals surface area contributed by atoms with Gasteiger partial charge in [-0.3, -0.25) is 14.4 Å². The number of allylic oxidation sites excluding steroid dienone is 1. The number of ether oxygens (including phenoxy) is 2. The van der Waals surface area contributed by atoms with Gasteiger partial charge in [-0.2, -0.15) is 0 Å². The van der Waals surface area contributed by atoms with Crippen molar-refractivity contribution in [2.45, 2.75) is 82.6 Å². The Labute approximate surface area is 202 Å². The van der Waals surface area contributed by atoms with Gasteiger partial charge in [0.15, 0.2) is 0 Å². The molecule has 34 heavy (non-hydrogen) atoms. The van der Waals surface area contributed by atoms with Gasteiger partial charge in [-0.25, -0.2) is 0 Å². The maximum Gasteiger partial charge on any atom is 0.312 e. The van der Waals surface area contributed by atoms with Crippen LogP contribution in [-0.2, 0) is 23.9 Å². The van der Waals surface area contributed by atoms with Gasteiger partial charge in [0.2, 0.25) is 11.8 Å². The second-order valence-corrected chi connectivity index (χ2v) is 10.5. The summed E-state index contributed by atoms with van der Waals surface area (Å²) in [4.78, 5) is 44.1. The van der Waals surface area contributed by atoms with Gasteiger partial charge in [0.05, 0.1) is 24.5 Å². The SMILES string of the molecule is C=CCCCCOC(=O)[C@@H]1[C@H]2C(=O)N(CCCO)C(C(=O)N(CC=C)C(C)(C)C)C23CC[C@H]1O3. The maximum atomic E-state index is 14.0. The summed E-state index contributed by atoms with van der Waals surface area (Å²) in [6.07, 6.45) is 7.03. The lowest BCUT2D eigenvalue weighted by atomic mass is 9.70. The van der Waals surface area contributed by atoms with Crippen LogP contribution in [0.25, 0.3) is 0 Å². The summed E-state index contributed by atoms with van der Waals surface area (Å²) in [5.74, 6) is -2.34. The third-order valence-electron chi connectivity index (χ3n) is 7.30. The molecule has 8 nitrogen and oxygen atoms in total. The first-order valence-electron chi connectivity index (χ1n) is 12.4. The van der Waals surface area contributed by atoms with Crippen LogP contribution in [-0.4, -0.2) is 82.3 Å². The minimum absolute atomic E-state index is 0.0995. The van der Waals surface area contributed by atoms with Crippen molar-refractivity contribution < 1.29 is 29.0 Å². The van der Waals surface area contributed by atoms with Crippen molar-refractivity contribution in [1.29, 1.82) is 0 Å². The Kier molecular flexibility index (Phi) is 8.24. The quantitative estimate of drug-likeness (QED) is 0.264. The van der Waals surface area contributed by atoms with Gasteiger partial charge >= 0.3 is 5.97 Å². The third-order valence-corrected chi connectivity index (χ3v) is 7.30. The van der Waals surface area contributed by atoms with Crippen LogP contribution in [0.3, 0.4) is 0 Å². The van der Waals surface area contributed by atoms with Crippen molar-refractivity contribution in [3.8, 4) is 0 Å². The second kappa shape index (κ2) is 10.6. The Morgan fingerprint density at radius 1 is 1.26 bits per heavy atom. The summed E-state index contributed by atoms with van der Waals surface area (Å²) in [6, 6.07) is -0.842. The summed E-state index contributed by atoms with van der Waals surface area (Å²) in [6.45, 7) is 14.1. The van der Waals surface area contributed by atoms with E-state index in [-0.39, 0.29) is 31.6 Å². The number of carbonyl (C=O) groups excluding carboxylic acids is 3. The number of nitrogens with zero attached hydrogens (tertiary/aromatic N) is 2. The first-order chi connectivity index (χ1) is 16.1. The summed E-state index contributed by atoms with van der Waals surface area (Å²) in [5, 5.41) is 9.43. The normalized spacial score (nSPS) is 29.8. The zero-order valence-corrected chi connectivity index (χ0v) is 20.8. The summed E-state index contributed by atoms with van der Waals surface area (Å²) >= 11 is 0. The number of aliphatic hydroxyl groups is 1. The van der Waals surface area contributed by atoms with Gasteiger partial charge in [0.25, 0.3) is 0 Å². The molecule has 3 fully saturated rings. The van der Waals surface area contributed by atoms with E-state index >= 15 is 0 Å². The number of carbonyl (C=O) groups is 3. The zero-order chi connectivity index (χ0) is 25.1. The van der Waals surface area contributed by atoms with Crippen LogP contribution in [0.4, 0.5) is 0 Å². The van der Waals surface area contributed by atoms with E-state index in [2.05, 4.69) is 13.2 Å². The molecule has 0 saturated carbocycles. The van der Waals surface area contributed by atoms with Crippen LogP contribution in [0.1, 0.15) is 59.3 Å². The van der Waals surface area contributed by atoms with Crippen molar-refractivity contribution in [3.63, 3.8) is 0 Å². The van der Waals surface area contributed by atoms with Crippen molar-refractivity contribution in [3.05, 3.63) is 25.3 Å². The van der Waals surface area contributed by atoms with E-state index in [0.29, 0.717) is 25.8 Å². The number of likely N-dealkylation sites (tertiary alicyclic amines) is 1. The van der Waals surface area contributed by atoms with Crippen molar-refractivity contribution in [2.75, 3.05) is 26.3 Å². The molecular weight excluding hydrogens is 436 g/mol. The number of hydrogen-bond acceptors (Lipinski definition) is 6. The van der Waals surface area contributed by atoms with Crippen molar-refractivity contribution >= 4 is 17.8 Å². The van der Waals surface area contributed by atoms with E-state index in [4.69, 9.17) is 9.47 Å². The minimum Gasteiger partial charge on any atom is -0.465 e. The lowest BCUT2D eigenvalue weighted by Crippen LogP contribution is -2.60. The minimum atomic E-state index is -1.05. The molecular formula is C26H40N2O6. The van der Waals surface area contributed by atoms with E-state index in [1.54, 1.807) is 11.0 Å². The van der Waals surface area contributed by atoms with Gasteiger partial charge in [0, 0.05) is 25.2 Å². The predicted molar refractivity (Wildman–Crippen MR) is 128 cm³/mol. The molecule has 190 valence electrons. The lowest BCUT2D eigenvalue weighted by molar-refractivity contribution is -0.156. The first kappa shape index (κ1) is 26.4. The fourth-order valence-electron chi connectivity index (χ4n) is 5.81. The summed E-state index contributed by atoms with van der Waals surface area (Å²) < 4.78 is 12.0. The highest BCUT2D eigenvalue weighted by molar-refractivity contribution is 5.98. The van der Waals surface area contributed by atoms with Gasteiger partial charge in [-0.15, -0.1) is 13.2 Å². The Morgan fingerprint density at radius 3 is 2.62 bits per heavy atom. The molecule has 3 rings (SSSR count). The molecule has 2 unspecified atom stereocenters. The van der Waals surface area contributed by atoms with E-state index in [1.807, 2.05) is 26.8 Å². The number of fused-ring (bicyclic) bond motifs is 1. The molecule has 0 aliphatic carbocycles. The summed E-state index contributed by atoms with van der Waals surface area (Å²) in [7, 11) is 0. The molecule has 3 heterocycles. The monoisotopic (exact) mass is 476 g/mol. The number of rotatable bonds is 12. The Bertz CT molecular complexity index is 806. The molecule has 0 radical (unpaired) electrons. The molecule has 0 aromatic rings. The molecule has 8 heteroatoms. The third kappa shape index (κ3) is 4.67. The fraction of sp³-hybridized carbons (Fsp3) is 0.731. The highest BCUT2D eigenvalue weighted by Gasteiger charge is 2.75. The molecule has 3 saturated heterocycles. The summed E-state index contributed by atoms with van der Waals surface area (Å²) in [5.41, 5.74) is -1.54. The number of esters is 1. The highest BCUT2D eigenvalue weighted by atomic mass is 16.6. The maximum absolute atomic E-state index is 14.0. The average molecular weight is 477 g/mol. The fourth-order valence-corrected chi connectivity index (χ4v) is 5.81. The Balaban J connectivity index is 1.90. The standard InChI is InChI=1S/C26H40N2O6/c1-6-8-9-10-17-33-24(32)19-18-12-13-26(34-18)20(19)22(30)27(15-11-16-29)21(26)23(31)28(14-7-2)25(3,4)5/h6-7,18-21,29H,1-2,8-17H2,3-5H3/t18-,19+,20+,21?,26?/m1/s1. The van der Waals surface area contributed by atoms with Crippen LogP contribution in [0.15, 0.2) is 25.3 Å². The molecule has 5 atom stereocenters. The van der Waals surface area contributed by atoms with E-state index in [1.165, 1.54) is 4.90 Å². The average Bonchev–Trinajstić information content (AvgIpc) is 3.42. The Hall–Kier alpha value is -2.19. The Morgan fingerprint density at radius 2 is 2.00 bits per heavy atom. The number of aliphatic hydroxyl groups excluding tert-OH is 1. The number of unbranched alkanes of at least 4 members (excludes halogenated alkanes) is 2. The molecule has 2 amide bonds. The smallest absolute Gasteiger partial charge is 0.312 e. The molecule has 2 bridgehead atoms. The van der Waals surface area contributed by atoms with Gasteiger partial charge in [-0.1, -0.05) is 12.2 Å². The first-order valence-corrected chi connectivity index (χ1v) is 12.4.